The Balaban J connectivity index is 2.18. The van der Waals surface area contributed by atoms with Gasteiger partial charge in [0.15, 0.2) is 0 Å². The van der Waals surface area contributed by atoms with E-state index >= 15 is 0 Å². The van der Waals surface area contributed by atoms with E-state index in [-0.39, 0.29) is 6.61 Å². The van der Waals surface area contributed by atoms with Crippen molar-refractivity contribution in [3.63, 3.8) is 0 Å². The topological polar surface area (TPSA) is 49.7 Å². The van der Waals surface area contributed by atoms with Crippen molar-refractivity contribution in [1.29, 1.82) is 0 Å². The third-order valence-electron chi connectivity index (χ3n) is 2.24. The van der Waals surface area contributed by atoms with Gasteiger partial charge in [-0.2, -0.15) is 0 Å². The van der Waals surface area contributed by atoms with E-state index in [2.05, 4.69) is 0 Å². The third-order valence-corrected chi connectivity index (χ3v) is 2.24. The van der Waals surface area contributed by atoms with Gasteiger partial charge in [0.05, 0.1) is 18.8 Å². The summed E-state index contributed by atoms with van der Waals surface area (Å²) in [6.07, 6.45) is 0.441. The van der Waals surface area contributed by atoms with Crippen molar-refractivity contribution >= 4 is 0 Å². The maximum absolute atomic E-state index is 9.49. The van der Waals surface area contributed by atoms with Crippen LogP contribution in [0.4, 0.5) is 0 Å². The van der Waals surface area contributed by atoms with Crippen molar-refractivity contribution in [3.8, 4) is 0 Å². The summed E-state index contributed by atoms with van der Waals surface area (Å²) in [5.74, 6) is 0. The molecular formula is C12H18O3. The summed E-state index contributed by atoms with van der Waals surface area (Å²) in [5.41, 5.74) is 0.0811. The second kappa shape index (κ2) is 5.85. The molecule has 0 saturated heterocycles. The van der Waals surface area contributed by atoms with Crippen molar-refractivity contribution in [3.05, 3.63) is 35.9 Å². The summed E-state index contributed by atoms with van der Waals surface area (Å²) in [6, 6.07) is 9.86. The molecule has 1 rings (SSSR count). The molecule has 1 aromatic carbocycles. The number of ether oxygens (including phenoxy) is 1. The lowest BCUT2D eigenvalue weighted by molar-refractivity contribution is -0.0287. The molecule has 0 saturated carbocycles. The molecule has 2 N–H and O–H groups in total. The first-order valence-corrected chi connectivity index (χ1v) is 5.09. The fourth-order valence-electron chi connectivity index (χ4n) is 1.14. The van der Waals surface area contributed by atoms with Gasteiger partial charge >= 0.3 is 0 Å². The average molecular weight is 210 g/mol. The van der Waals surface area contributed by atoms with Crippen LogP contribution >= 0.6 is 0 Å². The van der Waals surface area contributed by atoms with E-state index < -0.39 is 5.60 Å². The highest BCUT2D eigenvalue weighted by molar-refractivity contribution is 5.13. The molecular weight excluding hydrogens is 192 g/mol. The summed E-state index contributed by atoms with van der Waals surface area (Å²) in [6.45, 7) is 2.35. The molecule has 84 valence electrons. The average Bonchev–Trinajstić information content (AvgIpc) is 2.26. The van der Waals surface area contributed by atoms with Crippen LogP contribution in [-0.2, 0) is 11.3 Å². The van der Waals surface area contributed by atoms with E-state index in [0.29, 0.717) is 19.6 Å². The Morgan fingerprint density at radius 1 is 1.27 bits per heavy atom. The zero-order valence-corrected chi connectivity index (χ0v) is 9.02. The minimum atomic E-state index is -1.03. The Bertz CT molecular complexity index is 269. The molecule has 0 fully saturated rings. The summed E-state index contributed by atoms with van der Waals surface area (Å²) >= 11 is 0. The Kier molecular flexibility index (Phi) is 4.75. The first-order chi connectivity index (χ1) is 7.14. The second-order valence-corrected chi connectivity index (χ2v) is 3.94. The van der Waals surface area contributed by atoms with Gasteiger partial charge in [-0.05, 0) is 12.5 Å². The fourth-order valence-corrected chi connectivity index (χ4v) is 1.14. The first kappa shape index (κ1) is 12.2. The molecule has 3 heteroatoms. The van der Waals surface area contributed by atoms with Crippen LogP contribution in [0.15, 0.2) is 30.3 Å². The quantitative estimate of drug-likeness (QED) is 0.696. The maximum atomic E-state index is 9.49. The lowest BCUT2D eigenvalue weighted by atomic mass is 10.1. The summed E-state index contributed by atoms with van der Waals surface area (Å²) in [4.78, 5) is 0. The van der Waals surface area contributed by atoms with Gasteiger partial charge < -0.3 is 14.9 Å². The van der Waals surface area contributed by atoms with Crippen molar-refractivity contribution in [2.75, 3.05) is 13.2 Å². The minimum absolute atomic E-state index is 0.234. The molecule has 0 spiro atoms. The van der Waals surface area contributed by atoms with E-state index in [0.717, 1.165) is 5.56 Å². The van der Waals surface area contributed by atoms with Crippen LogP contribution < -0.4 is 0 Å². The largest absolute Gasteiger partial charge is 0.393 e. The smallest absolute Gasteiger partial charge is 0.0871 e. The van der Waals surface area contributed by atoms with Crippen molar-refractivity contribution in [2.45, 2.75) is 25.6 Å². The third kappa shape index (κ3) is 4.93. The van der Waals surface area contributed by atoms with Crippen LogP contribution in [0.1, 0.15) is 18.9 Å². The first-order valence-electron chi connectivity index (χ1n) is 5.09. The fraction of sp³-hybridized carbons (Fsp3) is 0.500. The summed E-state index contributed by atoms with van der Waals surface area (Å²) in [5, 5.41) is 18.3. The molecule has 0 amide bonds. The van der Waals surface area contributed by atoms with Gasteiger partial charge in [-0.25, -0.2) is 0 Å². The molecule has 0 aliphatic heterocycles. The van der Waals surface area contributed by atoms with E-state index in [1.54, 1.807) is 6.92 Å². The monoisotopic (exact) mass is 210 g/mol. The molecule has 15 heavy (non-hydrogen) atoms. The van der Waals surface area contributed by atoms with E-state index in [4.69, 9.17) is 9.84 Å². The lowest BCUT2D eigenvalue weighted by Gasteiger charge is -2.19. The van der Waals surface area contributed by atoms with E-state index in [1.165, 1.54) is 0 Å². The number of hydrogen-bond acceptors (Lipinski definition) is 3. The number of aliphatic hydroxyl groups excluding tert-OH is 1. The second-order valence-electron chi connectivity index (χ2n) is 3.94. The summed E-state index contributed by atoms with van der Waals surface area (Å²) < 4.78 is 5.39. The molecule has 0 aromatic heterocycles. The van der Waals surface area contributed by atoms with Crippen LogP contribution in [0.2, 0.25) is 0 Å². The highest BCUT2D eigenvalue weighted by Gasteiger charge is 2.17. The standard InChI is InChI=1S/C12H18O3/c1-12(14,10-13)7-8-15-9-11-5-3-2-4-6-11/h2-6,13-14H,7-10H2,1H3/t12-/m1/s1. The van der Waals surface area contributed by atoms with Crippen LogP contribution in [-0.4, -0.2) is 29.0 Å². The highest BCUT2D eigenvalue weighted by Crippen LogP contribution is 2.08. The molecule has 3 nitrogen and oxygen atoms in total. The molecule has 1 atom stereocenters. The molecule has 0 radical (unpaired) electrons. The molecule has 1 aromatic rings. The Hall–Kier alpha value is -0.900. The van der Waals surface area contributed by atoms with Gasteiger partial charge in [-0.1, -0.05) is 30.3 Å². The van der Waals surface area contributed by atoms with Crippen LogP contribution in [0, 0.1) is 0 Å². The molecule has 0 heterocycles. The van der Waals surface area contributed by atoms with Gasteiger partial charge in [0.2, 0.25) is 0 Å². The predicted octanol–water partition coefficient (Wildman–Crippen LogP) is 1.34. The highest BCUT2D eigenvalue weighted by atomic mass is 16.5. The summed E-state index contributed by atoms with van der Waals surface area (Å²) in [7, 11) is 0. The van der Waals surface area contributed by atoms with E-state index in [9.17, 15) is 5.11 Å². The van der Waals surface area contributed by atoms with Crippen LogP contribution in [0.25, 0.3) is 0 Å². The molecule has 0 unspecified atom stereocenters. The number of benzene rings is 1. The Morgan fingerprint density at radius 3 is 2.53 bits per heavy atom. The van der Waals surface area contributed by atoms with Crippen LogP contribution in [0.3, 0.4) is 0 Å². The number of aliphatic hydroxyl groups is 2. The normalized spacial score (nSPS) is 14.9. The number of hydrogen-bond donors (Lipinski definition) is 2. The Morgan fingerprint density at radius 2 is 1.93 bits per heavy atom. The Labute approximate surface area is 90.3 Å². The lowest BCUT2D eigenvalue weighted by Crippen LogP contribution is -2.30. The van der Waals surface area contributed by atoms with E-state index in [1.807, 2.05) is 30.3 Å². The number of rotatable bonds is 6. The zero-order chi connectivity index (χ0) is 11.1. The predicted molar refractivity (Wildman–Crippen MR) is 58.4 cm³/mol. The van der Waals surface area contributed by atoms with Gasteiger partial charge in [0.25, 0.3) is 0 Å². The SMILES string of the molecule is C[C@](O)(CO)CCOCc1ccccc1. The minimum Gasteiger partial charge on any atom is -0.393 e. The van der Waals surface area contributed by atoms with Crippen molar-refractivity contribution < 1.29 is 14.9 Å². The van der Waals surface area contributed by atoms with Gasteiger partial charge in [0, 0.05) is 13.0 Å². The molecule has 0 aliphatic carbocycles. The van der Waals surface area contributed by atoms with Gasteiger partial charge in [0.1, 0.15) is 0 Å². The maximum Gasteiger partial charge on any atom is 0.0871 e. The zero-order valence-electron chi connectivity index (χ0n) is 9.02. The molecule has 0 aliphatic rings. The van der Waals surface area contributed by atoms with Crippen molar-refractivity contribution in [2.24, 2.45) is 0 Å². The van der Waals surface area contributed by atoms with Gasteiger partial charge in [-0.15, -0.1) is 0 Å². The van der Waals surface area contributed by atoms with Gasteiger partial charge in [-0.3, -0.25) is 0 Å². The van der Waals surface area contributed by atoms with Crippen LogP contribution in [0.5, 0.6) is 0 Å². The van der Waals surface area contributed by atoms with Crippen molar-refractivity contribution in [1.82, 2.24) is 0 Å². The molecule has 0 bridgehead atoms.